The second-order valence-corrected chi connectivity index (χ2v) is 5.19. The average molecular weight is 271 g/mol. The number of rotatable bonds is 5. The standard InChI is InChI=1S/C18H22FN/c1-4-20-18(12-15-9-5-6-11-17(15)19)16-10-7-8-13(2)14(16)3/h5-11,18,20H,4,12H2,1-3H3. The van der Waals surface area contributed by atoms with Crippen molar-refractivity contribution >= 4 is 0 Å². The zero-order chi connectivity index (χ0) is 14.5. The van der Waals surface area contributed by atoms with Crippen LogP contribution >= 0.6 is 0 Å². The Morgan fingerprint density at radius 1 is 1.05 bits per heavy atom. The van der Waals surface area contributed by atoms with Crippen LogP contribution in [-0.2, 0) is 6.42 Å². The Labute approximate surface area is 120 Å². The number of hydrogen-bond acceptors (Lipinski definition) is 1. The van der Waals surface area contributed by atoms with Crippen LogP contribution in [0.2, 0.25) is 0 Å². The van der Waals surface area contributed by atoms with Gasteiger partial charge in [-0.05, 0) is 55.1 Å². The molecule has 0 amide bonds. The monoisotopic (exact) mass is 271 g/mol. The van der Waals surface area contributed by atoms with E-state index in [1.165, 1.54) is 22.8 Å². The SMILES string of the molecule is CCNC(Cc1ccccc1F)c1cccc(C)c1C. The summed E-state index contributed by atoms with van der Waals surface area (Å²) in [7, 11) is 0. The highest BCUT2D eigenvalue weighted by Gasteiger charge is 2.15. The Morgan fingerprint density at radius 3 is 2.50 bits per heavy atom. The Hall–Kier alpha value is -1.67. The van der Waals surface area contributed by atoms with Gasteiger partial charge < -0.3 is 5.32 Å². The first-order valence-corrected chi connectivity index (χ1v) is 7.16. The molecule has 1 N–H and O–H groups in total. The van der Waals surface area contributed by atoms with Crippen LogP contribution in [0, 0.1) is 19.7 Å². The van der Waals surface area contributed by atoms with Crippen molar-refractivity contribution < 1.29 is 4.39 Å². The van der Waals surface area contributed by atoms with E-state index in [0.717, 1.165) is 12.1 Å². The van der Waals surface area contributed by atoms with Crippen LogP contribution in [0.1, 0.15) is 35.2 Å². The van der Waals surface area contributed by atoms with Gasteiger partial charge in [-0.15, -0.1) is 0 Å². The molecule has 0 aromatic heterocycles. The lowest BCUT2D eigenvalue weighted by Crippen LogP contribution is -2.24. The number of aryl methyl sites for hydroxylation is 1. The molecule has 0 spiro atoms. The highest BCUT2D eigenvalue weighted by Crippen LogP contribution is 2.24. The molecule has 0 saturated heterocycles. The lowest BCUT2D eigenvalue weighted by molar-refractivity contribution is 0.526. The van der Waals surface area contributed by atoms with Crippen molar-refractivity contribution in [2.75, 3.05) is 6.54 Å². The number of benzene rings is 2. The molecule has 2 aromatic carbocycles. The van der Waals surface area contributed by atoms with Crippen molar-refractivity contribution in [3.8, 4) is 0 Å². The molecular formula is C18H22FN. The van der Waals surface area contributed by atoms with E-state index in [1.54, 1.807) is 6.07 Å². The van der Waals surface area contributed by atoms with Gasteiger partial charge in [0.1, 0.15) is 5.82 Å². The average Bonchev–Trinajstić information content (AvgIpc) is 2.44. The molecule has 2 aromatic rings. The van der Waals surface area contributed by atoms with Gasteiger partial charge in [-0.1, -0.05) is 43.3 Å². The summed E-state index contributed by atoms with van der Waals surface area (Å²) >= 11 is 0. The largest absolute Gasteiger partial charge is 0.310 e. The van der Waals surface area contributed by atoms with Crippen molar-refractivity contribution in [3.63, 3.8) is 0 Å². The molecule has 0 fully saturated rings. The number of likely N-dealkylation sites (N-methyl/N-ethyl adjacent to an activating group) is 1. The molecule has 0 aliphatic heterocycles. The Kier molecular flexibility index (Phi) is 4.91. The molecule has 2 heteroatoms. The second-order valence-electron chi connectivity index (χ2n) is 5.19. The minimum atomic E-state index is -0.124. The third kappa shape index (κ3) is 3.26. The lowest BCUT2D eigenvalue weighted by atomic mass is 9.93. The van der Waals surface area contributed by atoms with Crippen LogP contribution in [0.4, 0.5) is 4.39 Å². The van der Waals surface area contributed by atoms with Crippen LogP contribution < -0.4 is 5.32 Å². The fourth-order valence-electron chi connectivity index (χ4n) is 2.57. The molecule has 2 rings (SSSR count). The van der Waals surface area contributed by atoms with Gasteiger partial charge in [-0.2, -0.15) is 0 Å². The number of nitrogens with one attached hydrogen (secondary N) is 1. The molecule has 0 bridgehead atoms. The zero-order valence-electron chi connectivity index (χ0n) is 12.4. The topological polar surface area (TPSA) is 12.0 Å². The minimum absolute atomic E-state index is 0.124. The number of halogens is 1. The van der Waals surface area contributed by atoms with Crippen LogP contribution in [-0.4, -0.2) is 6.54 Å². The van der Waals surface area contributed by atoms with Gasteiger partial charge in [0.25, 0.3) is 0 Å². The van der Waals surface area contributed by atoms with E-state index in [9.17, 15) is 4.39 Å². The summed E-state index contributed by atoms with van der Waals surface area (Å²) in [5.74, 6) is -0.124. The Balaban J connectivity index is 2.32. The molecular weight excluding hydrogens is 249 g/mol. The van der Waals surface area contributed by atoms with Crippen molar-refractivity contribution in [2.24, 2.45) is 0 Å². The van der Waals surface area contributed by atoms with Gasteiger partial charge in [-0.3, -0.25) is 0 Å². The van der Waals surface area contributed by atoms with Gasteiger partial charge in [-0.25, -0.2) is 4.39 Å². The first kappa shape index (κ1) is 14.7. The fraction of sp³-hybridized carbons (Fsp3) is 0.333. The normalized spacial score (nSPS) is 12.4. The van der Waals surface area contributed by atoms with Crippen LogP contribution in [0.25, 0.3) is 0 Å². The molecule has 1 nitrogen and oxygen atoms in total. The van der Waals surface area contributed by atoms with E-state index in [-0.39, 0.29) is 11.9 Å². The summed E-state index contributed by atoms with van der Waals surface area (Å²) in [6.07, 6.45) is 0.671. The first-order valence-electron chi connectivity index (χ1n) is 7.16. The summed E-state index contributed by atoms with van der Waals surface area (Å²) in [5, 5.41) is 3.48. The summed E-state index contributed by atoms with van der Waals surface area (Å²) < 4.78 is 13.9. The Bertz CT molecular complexity index is 577. The molecule has 0 radical (unpaired) electrons. The third-order valence-electron chi connectivity index (χ3n) is 3.85. The Morgan fingerprint density at radius 2 is 1.80 bits per heavy atom. The summed E-state index contributed by atoms with van der Waals surface area (Å²) in [6.45, 7) is 7.20. The maximum atomic E-state index is 13.9. The van der Waals surface area contributed by atoms with Crippen molar-refractivity contribution in [1.82, 2.24) is 5.32 Å². The van der Waals surface area contributed by atoms with E-state index in [1.807, 2.05) is 12.1 Å². The maximum Gasteiger partial charge on any atom is 0.126 e. The van der Waals surface area contributed by atoms with Crippen LogP contribution in [0.15, 0.2) is 42.5 Å². The van der Waals surface area contributed by atoms with E-state index >= 15 is 0 Å². The predicted molar refractivity (Wildman–Crippen MR) is 82.4 cm³/mol. The molecule has 0 saturated carbocycles. The van der Waals surface area contributed by atoms with Crippen molar-refractivity contribution in [3.05, 3.63) is 70.5 Å². The zero-order valence-corrected chi connectivity index (χ0v) is 12.4. The first-order chi connectivity index (χ1) is 9.63. The molecule has 1 unspecified atom stereocenters. The molecule has 0 aliphatic rings. The van der Waals surface area contributed by atoms with E-state index in [0.29, 0.717) is 6.42 Å². The lowest BCUT2D eigenvalue weighted by Gasteiger charge is -2.22. The van der Waals surface area contributed by atoms with Gasteiger partial charge >= 0.3 is 0 Å². The van der Waals surface area contributed by atoms with Crippen LogP contribution in [0.5, 0.6) is 0 Å². The highest BCUT2D eigenvalue weighted by atomic mass is 19.1. The molecule has 0 heterocycles. The van der Waals surface area contributed by atoms with E-state index in [4.69, 9.17) is 0 Å². The summed E-state index contributed by atoms with van der Waals surface area (Å²) in [6, 6.07) is 13.5. The molecule has 106 valence electrons. The van der Waals surface area contributed by atoms with Gasteiger partial charge in [0.15, 0.2) is 0 Å². The van der Waals surface area contributed by atoms with Crippen LogP contribution in [0.3, 0.4) is 0 Å². The summed E-state index contributed by atoms with van der Waals surface area (Å²) in [4.78, 5) is 0. The summed E-state index contributed by atoms with van der Waals surface area (Å²) in [5.41, 5.74) is 4.59. The number of hydrogen-bond donors (Lipinski definition) is 1. The molecule has 1 atom stereocenters. The highest BCUT2D eigenvalue weighted by molar-refractivity contribution is 5.36. The quantitative estimate of drug-likeness (QED) is 0.853. The fourth-order valence-corrected chi connectivity index (χ4v) is 2.57. The third-order valence-corrected chi connectivity index (χ3v) is 3.85. The predicted octanol–water partition coefficient (Wildman–Crippen LogP) is 4.34. The van der Waals surface area contributed by atoms with Gasteiger partial charge in [0.05, 0.1) is 0 Å². The maximum absolute atomic E-state index is 13.9. The van der Waals surface area contributed by atoms with Gasteiger partial charge in [0.2, 0.25) is 0 Å². The smallest absolute Gasteiger partial charge is 0.126 e. The minimum Gasteiger partial charge on any atom is -0.310 e. The van der Waals surface area contributed by atoms with Gasteiger partial charge in [0, 0.05) is 6.04 Å². The second kappa shape index (κ2) is 6.67. The van der Waals surface area contributed by atoms with E-state index < -0.39 is 0 Å². The van der Waals surface area contributed by atoms with Crippen molar-refractivity contribution in [2.45, 2.75) is 33.2 Å². The van der Waals surface area contributed by atoms with Crippen molar-refractivity contribution in [1.29, 1.82) is 0 Å². The molecule has 20 heavy (non-hydrogen) atoms. The molecule has 0 aliphatic carbocycles. The van der Waals surface area contributed by atoms with E-state index in [2.05, 4.69) is 44.3 Å².